The van der Waals surface area contributed by atoms with Crippen LogP contribution in [0.5, 0.6) is 17.2 Å². The van der Waals surface area contributed by atoms with Crippen LogP contribution in [0.25, 0.3) is 0 Å². The maximum absolute atomic E-state index is 12.5. The summed E-state index contributed by atoms with van der Waals surface area (Å²) >= 11 is 0. The number of benzene rings is 1. The van der Waals surface area contributed by atoms with Crippen LogP contribution in [0, 0.1) is 0 Å². The zero-order chi connectivity index (χ0) is 19.1. The summed E-state index contributed by atoms with van der Waals surface area (Å²) in [6, 6.07) is 3.43. The Bertz CT molecular complexity index is 577. The molecule has 1 aromatic carbocycles. The molecule has 1 N–H and O–H groups in total. The molecule has 7 heteroatoms. The first kappa shape index (κ1) is 20.2. The summed E-state index contributed by atoms with van der Waals surface area (Å²) in [6.07, 6.45) is 2.52. The van der Waals surface area contributed by atoms with E-state index >= 15 is 0 Å². The van der Waals surface area contributed by atoms with E-state index in [-0.39, 0.29) is 12.1 Å². The molecule has 146 valence electrons. The molecule has 1 aliphatic rings. The highest BCUT2D eigenvalue weighted by Crippen LogP contribution is 2.39. The van der Waals surface area contributed by atoms with Crippen molar-refractivity contribution < 1.29 is 19.0 Å². The molecule has 0 radical (unpaired) electrons. The number of methoxy groups -OCH3 is 3. The summed E-state index contributed by atoms with van der Waals surface area (Å²) in [4.78, 5) is 16.6. The number of urea groups is 1. The molecule has 1 saturated heterocycles. The fourth-order valence-corrected chi connectivity index (χ4v) is 3.13. The number of likely N-dealkylation sites (N-methyl/N-ethyl adjacent to an activating group) is 1. The first-order valence-corrected chi connectivity index (χ1v) is 9.04. The third-order valence-electron chi connectivity index (χ3n) is 4.82. The monoisotopic (exact) mass is 365 g/mol. The van der Waals surface area contributed by atoms with Crippen LogP contribution in [-0.2, 0) is 0 Å². The van der Waals surface area contributed by atoms with Crippen molar-refractivity contribution in [3.8, 4) is 17.2 Å². The average molecular weight is 365 g/mol. The summed E-state index contributed by atoms with van der Waals surface area (Å²) in [5.74, 6) is 1.69. The van der Waals surface area contributed by atoms with E-state index in [1.807, 2.05) is 26.1 Å². The van der Waals surface area contributed by atoms with Crippen molar-refractivity contribution in [3.05, 3.63) is 17.7 Å². The van der Waals surface area contributed by atoms with E-state index < -0.39 is 0 Å². The van der Waals surface area contributed by atoms with E-state index in [1.165, 1.54) is 12.8 Å². The van der Waals surface area contributed by atoms with Crippen molar-refractivity contribution in [2.24, 2.45) is 0 Å². The second-order valence-electron chi connectivity index (χ2n) is 6.60. The zero-order valence-corrected chi connectivity index (χ0v) is 16.5. The number of nitrogens with zero attached hydrogens (tertiary/aromatic N) is 2. The summed E-state index contributed by atoms with van der Waals surface area (Å²) < 4.78 is 16.1. The third-order valence-corrected chi connectivity index (χ3v) is 4.82. The Kier molecular flexibility index (Phi) is 7.38. The molecule has 0 bridgehead atoms. The number of ether oxygens (including phenoxy) is 3. The summed E-state index contributed by atoms with van der Waals surface area (Å²) in [5, 5.41) is 3.03. The van der Waals surface area contributed by atoms with Gasteiger partial charge in [-0.25, -0.2) is 4.79 Å². The summed E-state index contributed by atoms with van der Waals surface area (Å²) in [7, 11) is 6.56. The Hall–Kier alpha value is -2.15. The number of hydrogen-bond acceptors (Lipinski definition) is 5. The SMILES string of the molecule is COc1cc([C@H](C)NC(=O)N(C)CCN2CCCC2)cc(OC)c1OC. The number of nitrogens with one attached hydrogen (secondary N) is 1. The maximum Gasteiger partial charge on any atom is 0.317 e. The van der Waals surface area contributed by atoms with Gasteiger partial charge in [0.1, 0.15) is 0 Å². The van der Waals surface area contributed by atoms with Crippen molar-refractivity contribution in [2.75, 3.05) is 54.6 Å². The molecule has 2 amide bonds. The number of hydrogen-bond donors (Lipinski definition) is 1. The highest BCUT2D eigenvalue weighted by molar-refractivity contribution is 5.74. The van der Waals surface area contributed by atoms with Crippen molar-refractivity contribution in [2.45, 2.75) is 25.8 Å². The van der Waals surface area contributed by atoms with Crippen LogP contribution in [0.2, 0.25) is 0 Å². The lowest BCUT2D eigenvalue weighted by atomic mass is 10.1. The summed E-state index contributed by atoms with van der Waals surface area (Å²) in [5.41, 5.74) is 0.890. The van der Waals surface area contributed by atoms with Gasteiger partial charge in [-0.15, -0.1) is 0 Å². The van der Waals surface area contributed by atoms with Gasteiger partial charge in [-0.1, -0.05) is 0 Å². The van der Waals surface area contributed by atoms with Crippen LogP contribution >= 0.6 is 0 Å². The van der Waals surface area contributed by atoms with Crippen LogP contribution in [-0.4, -0.2) is 70.4 Å². The molecule has 0 aliphatic carbocycles. The molecular weight excluding hydrogens is 334 g/mol. The number of carbonyl (C=O) groups excluding carboxylic acids is 1. The lowest BCUT2D eigenvalue weighted by Gasteiger charge is -2.24. The quantitative estimate of drug-likeness (QED) is 0.767. The normalized spacial score (nSPS) is 15.4. The Morgan fingerprint density at radius 2 is 1.73 bits per heavy atom. The Morgan fingerprint density at radius 3 is 2.23 bits per heavy atom. The van der Waals surface area contributed by atoms with E-state index in [1.54, 1.807) is 26.2 Å². The van der Waals surface area contributed by atoms with Gasteiger partial charge >= 0.3 is 6.03 Å². The molecule has 7 nitrogen and oxygen atoms in total. The highest BCUT2D eigenvalue weighted by atomic mass is 16.5. The van der Waals surface area contributed by atoms with Gasteiger partial charge in [-0.05, 0) is 50.6 Å². The second kappa shape index (κ2) is 9.52. The predicted molar refractivity (Wildman–Crippen MR) is 101 cm³/mol. The fraction of sp³-hybridized carbons (Fsp3) is 0.632. The van der Waals surface area contributed by atoms with Gasteiger partial charge in [0.25, 0.3) is 0 Å². The minimum absolute atomic E-state index is 0.0922. The molecule has 1 atom stereocenters. The third kappa shape index (κ3) is 4.94. The Balaban J connectivity index is 1.99. The van der Waals surface area contributed by atoms with Crippen molar-refractivity contribution in [1.29, 1.82) is 0 Å². The van der Waals surface area contributed by atoms with Gasteiger partial charge in [0.15, 0.2) is 11.5 Å². The lowest BCUT2D eigenvalue weighted by molar-refractivity contribution is 0.197. The van der Waals surface area contributed by atoms with Gasteiger partial charge in [0, 0.05) is 20.1 Å². The van der Waals surface area contributed by atoms with Crippen LogP contribution in [0.4, 0.5) is 4.79 Å². The van der Waals surface area contributed by atoms with Crippen LogP contribution in [0.1, 0.15) is 31.4 Å². The fourth-order valence-electron chi connectivity index (χ4n) is 3.13. The molecule has 1 heterocycles. The minimum Gasteiger partial charge on any atom is -0.493 e. The van der Waals surface area contributed by atoms with Gasteiger partial charge in [-0.2, -0.15) is 0 Å². The molecule has 0 saturated carbocycles. The molecule has 1 aliphatic heterocycles. The van der Waals surface area contributed by atoms with Crippen molar-refractivity contribution in [1.82, 2.24) is 15.1 Å². The average Bonchev–Trinajstić information content (AvgIpc) is 3.18. The topological polar surface area (TPSA) is 63.3 Å². The largest absolute Gasteiger partial charge is 0.493 e. The maximum atomic E-state index is 12.5. The first-order chi connectivity index (χ1) is 12.5. The highest BCUT2D eigenvalue weighted by Gasteiger charge is 2.19. The van der Waals surface area contributed by atoms with Crippen molar-refractivity contribution in [3.63, 3.8) is 0 Å². The number of carbonyl (C=O) groups is 1. The molecule has 0 unspecified atom stereocenters. The van der Waals surface area contributed by atoms with E-state index in [2.05, 4.69) is 10.2 Å². The second-order valence-corrected chi connectivity index (χ2v) is 6.60. The number of rotatable bonds is 8. The van der Waals surface area contributed by atoms with Crippen LogP contribution < -0.4 is 19.5 Å². The lowest BCUT2D eigenvalue weighted by Crippen LogP contribution is -2.42. The van der Waals surface area contributed by atoms with Gasteiger partial charge in [0.05, 0.1) is 27.4 Å². The van der Waals surface area contributed by atoms with Crippen LogP contribution in [0.15, 0.2) is 12.1 Å². The van der Waals surface area contributed by atoms with Gasteiger partial charge in [0.2, 0.25) is 5.75 Å². The first-order valence-electron chi connectivity index (χ1n) is 9.04. The van der Waals surface area contributed by atoms with E-state index in [0.717, 1.165) is 25.2 Å². The number of amides is 2. The van der Waals surface area contributed by atoms with Gasteiger partial charge in [-0.3, -0.25) is 0 Å². The minimum atomic E-state index is -0.189. The standard InChI is InChI=1S/C19H31N3O4/c1-14(15-12-16(24-3)18(26-5)17(13-15)25-4)20-19(23)21(2)10-11-22-8-6-7-9-22/h12-14H,6-11H2,1-5H3,(H,20,23)/t14-/m0/s1. The van der Waals surface area contributed by atoms with Gasteiger partial charge < -0.3 is 29.3 Å². The molecule has 0 spiro atoms. The number of likely N-dealkylation sites (tertiary alicyclic amines) is 1. The van der Waals surface area contributed by atoms with E-state index in [4.69, 9.17) is 14.2 Å². The van der Waals surface area contributed by atoms with E-state index in [0.29, 0.717) is 23.8 Å². The molecule has 1 aromatic rings. The molecule has 1 fully saturated rings. The smallest absolute Gasteiger partial charge is 0.317 e. The van der Waals surface area contributed by atoms with E-state index in [9.17, 15) is 4.79 Å². The zero-order valence-electron chi connectivity index (χ0n) is 16.5. The van der Waals surface area contributed by atoms with Crippen LogP contribution in [0.3, 0.4) is 0 Å². The molecule has 0 aromatic heterocycles. The Morgan fingerprint density at radius 1 is 1.15 bits per heavy atom. The molecule has 26 heavy (non-hydrogen) atoms. The predicted octanol–water partition coefficient (Wildman–Crippen LogP) is 2.51. The summed E-state index contributed by atoms with van der Waals surface area (Å²) in [6.45, 7) is 5.85. The Labute approximate surface area is 156 Å². The molecular formula is C19H31N3O4. The molecule has 2 rings (SSSR count). The van der Waals surface area contributed by atoms with Crippen molar-refractivity contribution >= 4 is 6.03 Å².